The predicted octanol–water partition coefficient (Wildman–Crippen LogP) is 3.71. The molecule has 172 valence electrons. The largest absolute Gasteiger partial charge is 0.366 e. The number of piperazine rings is 1. The van der Waals surface area contributed by atoms with Gasteiger partial charge in [-0.05, 0) is 61.9 Å². The number of carbonyl (C=O) groups is 2. The minimum Gasteiger partial charge on any atom is -0.366 e. The summed E-state index contributed by atoms with van der Waals surface area (Å²) in [4.78, 5) is 41.0. The lowest BCUT2D eigenvalue weighted by Gasteiger charge is -2.36. The van der Waals surface area contributed by atoms with Crippen molar-refractivity contribution in [2.24, 2.45) is 0 Å². The van der Waals surface area contributed by atoms with Crippen LogP contribution in [0.25, 0.3) is 11.3 Å². The van der Waals surface area contributed by atoms with E-state index in [1.54, 1.807) is 36.1 Å². The topological polar surface area (TPSA) is 62.6 Å². The molecule has 1 aliphatic heterocycles. The molecule has 6 nitrogen and oxygen atoms in total. The molecule has 1 fully saturated rings. The van der Waals surface area contributed by atoms with Crippen molar-refractivity contribution >= 4 is 28.7 Å². The lowest BCUT2D eigenvalue weighted by Crippen LogP contribution is -2.50. The van der Waals surface area contributed by atoms with Crippen LogP contribution in [-0.4, -0.2) is 47.3 Å². The fraction of sp³-hybridized carbons (Fsp3) is 0.292. The van der Waals surface area contributed by atoms with Crippen molar-refractivity contribution < 1.29 is 18.4 Å². The van der Waals surface area contributed by atoms with E-state index in [2.05, 4.69) is 0 Å². The highest BCUT2D eigenvalue weighted by molar-refractivity contribution is 7.09. The maximum Gasteiger partial charge on any atom is 0.308 e. The smallest absolute Gasteiger partial charge is 0.308 e. The molecule has 33 heavy (non-hydrogen) atoms. The summed E-state index contributed by atoms with van der Waals surface area (Å²) in [6, 6.07) is 10.3. The molecule has 0 unspecified atom stereocenters. The van der Waals surface area contributed by atoms with Crippen molar-refractivity contribution in [3.63, 3.8) is 0 Å². The van der Waals surface area contributed by atoms with Gasteiger partial charge in [-0.15, -0.1) is 0 Å². The van der Waals surface area contributed by atoms with Crippen LogP contribution in [0.4, 0.5) is 14.5 Å². The first kappa shape index (κ1) is 22.8. The lowest BCUT2D eigenvalue weighted by molar-refractivity contribution is -0.132. The van der Waals surface area contributed by atoms with Gasteiger partial charge in [0.15, 0.2) is 5.78 Å². The minimum absolute atomic E-state index is 0.114. The molecule has 0 saturated carbocycles. The molecular formula is C24H23F2N3O3S. The van der Waals surface area contributed by atoms with Crippen LogP contribution in [0.2, 0.25) is 0 Å². The minimum atomic E-state index is -0.466. The summed E-state index contributed by atoms with van der Waals surface area (Å²) in [6.45, 7) is 4.72. The fourth-order valence-corrected chi connectivity index (χ4v) is 4.89. The van der Waals surface area contributed by atoms with Crippen molar-refractivity contribution in [1.82, 2.24) is 9.47 Å². The molecule has 0 aliphatic carbocycles. The second-order valence-electron chi connectivity index (χ2n) is 7.96. The number of aromatic nitrogens is 1. The van der Waals surface area contributed by atoms with Crippen molar-refractivity contribution in [2.45, 2.75) is 20.4 Å². The number of thiazole rings is 1. The molecule has 1 aromatic heterocycles. The van der Waals surface area contributed by atoms with Crippen LogP contribution in [0.15, 0.2) is 47.3 Å². The third kappa shape index (κ3) is 4.73. The van der Waals surface area contributed by atoms with Gasteiger partial charge in [0.1, 0.15) is 18.2 Å². The first-order valence-corrected chi connectivity index (χ1v) is 11.4. The number of Topliss-reactive ketones (excluding diaryl/α,β-unsaturated/α-hetero) is 1. The van der Waals surface area contributed by atoms with Crippen molar-refractivity contribution in [2.75, 3.05) is 31.1 Å². The molecule has 0 N–H and O–H groups in total. The molecule has 2 aromatic carbocycles. The number of nitrogens with zero attached hydrogens (tertiary/aromatic N) is 3. The second kappa shape index (κ2) is 9.27. The van der Waals surface area contributed by atoms with Crippen LogP contribution in [0.1, 0.15) is 22.2 Å². The van der Waals surface area contributed by atoms with E-state index in [1.165, 1.54) is 29.7 Å². The summed E-state index contributed by atoms with van der Waals surface area (Å²) in [5, 5.41) is 0. The van der Waals surface area contributed by atoms with Gasteiger partial charge >= 0.3 is 4.87 Å². The predicted molar refractivity (Wildman–Crippen MR) is 124 cm³/mol. The first-order chi connectivity index (χ1) is 15.7. The Morgan fingerprint density at radius 3 is 2.27 bits per heavy atom. The van der Waals surface area contributed by atoms with Crippen LogP contribution in [0.3, 0.4) is 0 Å². The van der Waals surface area contributed by atoms with Gasteiger partial charge in [-0.25, -0.2) is 8.78 Å². The van der Waals surface area contributed by atoms with Crippen molar-refractivity contribution in [1.29, 1.82) is 0 Å². The average molecular weight is 472 g/mol. The molecule has 9 heteroatoms. The summed E-state index contributed by atoms with van der Waals surface area (Å²) in [5.74, 6) is -1.24. The average Bonchev–Trinajstić information content (AvgIpc) is 3.07. The maximum atomic E-state index is 14.5. The first-order valence-electron chi connectivity index (χ1n) is 10.5. The zero-order valence-electron chi connectivity index (χ0n) is 18.3. The van der Waals surface area contributed by atoms with E-state index >= 15 is 0 Å². The van der Waals surface area contributed by atoms with E-state index < -0.39 is 5.82 Å². The Morgan fingerprint density at radius 1 is 1.00 bits per heavy atom. The summed E-state index contributed by atoms with van der Waals surface area (Å²) in [7, 11) is 0. The molecule has 3 aromatic rings. The lowest BCUT2D eigenvalue weighted by atomic mass is 10.1. The number of benzene rings is 2. The summed E-state index contributed by atoms with van der Waals surface area (Å²) < 4.78 is 29.2. The number of rotatable bonds is 5. The summed E-state index contributed by atoms with van der Waals surface area (Å²) in [6.07, 6.45) is 0. The highest BCUT2D eigenvalue weighted by Crippen LogP contribution is 2.26. The van der Waals surface area contributed by atoms with Gasteiger partial charge in [0, 0.05) is 36.6 Å². The fourth-order valence-electron chi connectivity index (χ4n) is 4.04. The van der Waals surface area contributed by atoms with E-state index in [4.69, 9.17) is 0 Å². The third-order valence-electron chi connectivity index (χ3n) is 5.80. The summed E-state index contributed by atoms with van der Waals surface area (Å²) in [5.41, 5.74) is 2.01. The van der Waals surface area contributed by atoms with Gasteiger partial charge in [0.2, 0.25) is 5.91 Å². The van der Waals surface area contributed by atoms with Crippen molar-refractivity contribution in [3.05, 3.63) is 74.2 Å². The number of ketones is 1. The van der Waals surface area contributed by atoms with Gasteiger partial charge in [-0.2, -0.15) is 0 Å². The number of halogens is 2. The Kier molecular flexibility index (Phi) is 6.42. The van der Waals surface area contributed by atoms with E-state index in [1.807, 2.05) is 4.90 Å². The van der Waals surface area contributed by atoms with Gasteiger partial charge in [-0.1, -0.05) is 11.3 Å². The Bertz CT molecular complexity index is 1260. The zero-order valence-corrected chi connectivity index (χ0v) is 19.1. The molecule has 2 heterocycles. The number of hydrogen-bond donors (Lipinski definition) is 0. The highest BCUT2D eigenvalue weighted by Gasteiger charge is 2.25. The van der Waals surface area contributed by atoms with E-state index in [9.17, 15) is 23.2 Å². The quantitative estimate of drug-likeness (QED) is 0.533. The third-order valence-corrected chi connectivity index (χ3v) is 6.70. The molecule has 1 aliphatic rings. The van der Waals surface area contributed by atoms with Gasteiger partial charge in [0.05, 0.1) is 11.4 Å². The Balaban J connectivity index is 1.46. The molecule has 4 rings (SSSR count). The van der Waals surface area contributed by atoms with Crippen LogP contribution >= 0.6 is 11.3 Å². The van der Waals surface area contributed by atoms with Crippen LogP contribution < -0.4 is 9.77 Å². The number of amides is 1. The normalized spacial score (nSPS) is 13.9. The molecule has 0 bridgehead atoms. The molecule has 1 saturated heterocycles. The van der Waals surface area contributed by atoms with Crippen LogP contribution in [0, 0.1) is 18.6 Å². The standard InChI is InChI=1S/C24H23F2N3O3S/c1-15(30)18-5-8-21(20(26)13-18)27-9-11-28(12-10-27)22(31)14-29-23(16(2)33-24(29)32)17-3-6-19(25)7-4-17/h3-8,13H,9-12,14H2,1-2H3. The molecular weight excluding hydrogens is 448 g/mol. The van der Waals surface area contributed by atoms with Gasteiger partial charge < -0.3 is 9.80 Å². The number of anilines is 1. The number of carbonyl (C=O) groups excluding carboxylic acids is 2. The van der Waals surface area contributed by atoms with Crippen LogP contribution in [0.5, 0.6) is 0 Å². The molecule has 0 atom stereocenters. The van der Waals surface area contributed by atoms with Gasteiger partial charge in [0.25, 0.3) is 0 Å². The second-order valence-corrected chi connectivity index (χ2v) is 9.12. The Labute approximate surface area is 193 Å². The maximum absolute atomic E-state index is 14.5. The number of hydrogen-bond acceptors (Lipinski definition) is 5. The van der Waals surface area contributed by atoms with Gasteiger partial charge in [-0.3, -0.25) is 19.0 Å². The molecule has 0 radical (unpaired) electrons. The SMILES string of the molecule is CC(=O)c1ccc(N2CCN(C(=O)Cn3c(-c4ccc(F)cc4)c(C)sc3=O)CC2)c(F)c1. The Morgan fingerprint density at radius 2 is 1.67 bits per heavy atom. The van der Waals surface area contributed by atoms with E-state index in [0.29, 0.717) is 48.7 Å². The van der Waals surface area contributed by atoms with E-state index in [-0.39, 0.29) is 28.9 Å². The highest BCUT2D eigenvalue weighted by atomic mass is 32.1. The number of aryl methyl sites for hydroxylation is 1. The molecule has 1 amide bonds. The Hall–Kier alpha value is -3.33. The monoisotopic (exact) mass is 471 g/mol. The molecule has 0 spiro atoms. The van der Waals surface area contributed by atoms with E-state index in [0.717, 1.165) is 16.2 Å². The summed E-state index contributed by atoms with van der Waals surface area (Å²) >= 11 is 1.05. The van der Waals surface area contributed by atoms with Crippen LogP contribution in [-0.2, 0) is 11.3 Å². The van der Waals surface area contributed by atoms with Crippen molar-refractivity contribution in [3.8, 4) is 11.3 Å². The zero-order chi connectivity index (χ0) is 23.7.